The molecule has 1 aromatic carbocycles. The highest BCUT2D eigenvalue weighted by Gasteiger charge is 2.15. The van der Waals surface area contributed by atoms with E-state index >= 15 is 0 Å². The van der Waals surface area contributed by atoms with Gasteiger partial charge in [-0.15, -0.1) is 0 Å². The maximum atomic E-state index is 5.89. The monoisotopic (exact) mass is 302 g/mol. The Morgan fingerprint density at radius 1 is 1.19 bits per heavy atom. The van der Waals surface area contributed by atoms with Gasteiger partial charge in [0, 0.05) is 11.6 Å². The van der Waals surface area contributed by atoms with Crippen LogP contribution >= 0.6 is 11.6 Å². The summed E-state index contributed by atoms with van der Waals surface area (Å²) < 4.78 is 5.27. The van der Waals surface area contributed by atoms with Gasteiger partial charge in [0.2, 0.25) is 0 Å². The summed E-state index contributed by atoms with van der Waals surface area (Å²) in [6.07, 6.45) is 0.773. The molecule has 108 valence electrons. The second kappa shape index (κ2) is 5.69. The first kappa shape index (κ1) is 13.8. The fraction of sp³-hybridized carbons (Fsp3) is 0.267. The third kappa shape index (κ3) is 2.83. The normalized spacial score (nSPS) is 11.0. The van der Waals surface area contributed by atoms with Crippen LogP contribution < -0.4 is 5.32 Å². The molecule has 0 atom stereocenters. The predicted molar refractivity (Wildman–Crippen MR) is 82.5 cm³/mol. The van der Waals surface area contributed by atoms with E-state index in [4.69, 9.17) is 16.1 Å². The molecular weight excluding hydrogens is 288 g/mol. The average Bonchev–Trinajstić information content (AvgIpc) is 2.89. The van der Waals surface area contributed by atoms with Gasteiger partial charge in [0.05, 0.1) is 5.69 Å². The Balaban J connectivity index is 1.92. The van der Waals surface area contributed by atoms with Crippen LogP contribution in [0.15, 0.2) is 28.8 Å². The zero-order valence-corrected chi connectivity index (χ0v) is 12.6. The summed E-state index contributed by atoms with van der Waals surface area (Å²) in [5, 5.41) is 8.96. The highest BCUT2D eigenvalue weighted by Crippen LogP contribution is 2.25. The molecule has 21 heavy (non-hydrogen) atoms. The molecule has 0 radical (unpaired) electrons. The first-order valence-corrected chi connectivity index (χ1v) is 7.16. The van der Waals surface area contributed by atoms with Crippen LogP contribution in [0.4, 0.5) is 5.82 Å². The van der Waals surface area contributed by atoms with Gasteiger partial charge >= 0.3 is 0 Å². The van der Waals surface area contributed by atoms with Gasteiger partial charge < -0.3 is 9.84 Å². The van der Waals surface area contributed by atoms with Crippen LogP contribution in [-0.4, -0.2) is 15.1 Å². The lowest BCUT2D eigenvalue weighted by molar-refractivity contribution is 0.439. The Morgan fingerprint density at radius 3 is 2.67 bits per heavy atom. The highest BCUT2D eigenvalue weighted by atomic mass is 35.5. The third-order valence-corrected chi connectivity index (χ3v) is 3.48. The Hall–Kier alpha value is -2.14. The maximum absolute atomic E-state index is 5.89. The molecule has 0 fully saturated rings. The van der Waals surface area contributed by atoms with E-state index in [0.717, 1.165) is 33.9 Å². The molecule has 0 aliphatic heterocycles. The first-order valence-electron chi connectivity index (χ1n) is 6.78. The van der Waals surface area contributed by atoms with Crippen LogP contribution in [0.3, 0.4) is 0 Å². The van der Waals surface area contributed by atoms with Gasteiger partial charge in [0.1, 0.15) is 17.0 Å². The van der Waals surface area contributed by atoms with Gasteiger partial charge in [0.15, 0.2) is 0 Å². The molecule has 0 unspecified atom stereocenters. The molecule has 0 amide bonds. The van der Waals surface area contributed by atoms with Crippen molar-refractivity contribution in [3.05, 3.63) is 46.4 Å². The molecule has 0 bridgehead atoms. The molecule has 0 aliphatic rings. The summed E-state index contributed by atoms with van der Waals surface area (Å²) in [5.41, 5.74) is 2.51. The third-order valence-electron chi connectivity index (χ3n) is 3.23. The van der Waals surface area contributed by atoms with Gasteiger partial charge in [0.25, 0.3) is 5.71 Å². The van der Waals surface area contributed by atoms with Crippen LogP contribution in [0, 0.1) is 6.92 Å². The SMILES string of the molecule is CCc1noc2nc(C)nc(NCc3ccc(Cl)cc3)c12. The molecule has 0 spiro atoms. The van der Waals surface area contributed by atoms with Crippen molar-refractivity contribution in [2.24, 2.45) is 0 Å². The van der Waals surface area contributed by atoms with E-state index in [1.165, 1.54) is 0 Å². The molecule has 5 nitrogen and oxygen atoms in total. The van der Waals surface area contributed by atoms with Crippen LogP contribution in [0.1, 0.15) is 24.0 Å². The molecule has 3 rings (SSSR count). The summed E-state index contributed by atoms with van der Waals surface area (Å²) >= 11 is 5.89. The summed E-state index contributed by atoms with van der Waals surface area (Å²) in [6, 6.07) is 7.70. The number of rotatable bonds is 4. The standard InChI is InChI=1S/C15H15ClN4O/c1-3-12-13-14(18-9(2)19-15(13)21-20-12)17-8-10-4-6-11(16)7-5-10/h4-7H,3,8H2,1-2H3,(H,17,18,19). The Kier molecular flexibility index (Phi) is 3.75. The number of halogens is 1. The summed E-state index contributed by atoms with van der Waals surface area (Å²) in [5.74, 6) is 1.41. The van der Waals surface area contributed by atoms with Crippen LogP contribution in [0.2, 0.25) is 5.02 Å². The summed E-state index contributed by atoms with van der Waals surface area (Å²) in [4.78, 5) is 8.74. The largest absolute Gasteiger partial charge is 0.365 e. The van der Waals surface area contributed by atoms with E-state index in [1.807, 2.05) is 38.1 Å². The second-order valence-corrected chi connectivity index (χ2v) is 5.20. The van der Waals surface area contributed by atoms with E-state index in [9.17, 15) is 0 Å². The topological polar surface area (TPSA) is 63.8 Å². The lowest BCUT2D eigenvalue weighted by Gasteiger charge is -2.07. The molecule has 3 aromatic rings. The van der Waals surface area contributed by atoms with Crippen LogP contribution in [0.5, 0.6) is 0 Å². The van der Waals surface area contributed by atoms with E-state index in [-0.39, 0.29) is 0 Å². The lowest BCUT2D eigenvalue weighted by atomic mass is 10.2. The van der Waals surface area contributed by atoms with E-state index in [2.05, 4.69) is 20.4 Å². The molecular formula is C15H15ClN4O. The summed E-state index contributed by atoms with van der Waals surface area (Å²) in [7, 11) is 0. The maximum Gasteiger partial charge on any atom is 0.263 e. The second-order valence-electron chi connectivity index (χ2n) is 4.76. The Bertz CT molecular complexity index is 767. The molecule has 6 heteroatoms. The number of anilines is 1. The van der Waals surface area contributed by atoms with Crippen LogP contribution in [-0.2, 0) is 13.0 Å². The van der Waals surface area contributed by atoms with Gasteiger partial charge in [-0.05, 0) is 31.0 Å². The molecule has 0 aliphatic carbocycles. The zero-order valence-electron chi connectivity index (χ0n) is 11.9. The van der Waals surface area contributed by atoms with Crippen molar-refractivity contribution in [3.63, 3.8) is 0 Å². The van der Waals surface area contributed by atoms with E-state index in [1.54, 1.807) is 0 Å². The van der Waals surface area contributed by atoms with Crippen molar-refractivity contribution in [2.75, 3.05) is 5.32 Å². The average molecular weight is 303 g/mol. The number of fused-ring (bicyclic) bond motifs is 1. The van der Waals surface area contributed by atoms with Gasteiger partial charge in [-0.1, -0.05) is 35.8 Å². The van der Waals surface area contributed by atoms with Crippen LogP contribution in [0.25, 0.3) is 11.1 Å². The minimum Gasteiger partial charge on any atom is -0.365 e. The number of hydrogen-bond donors (Lipinski definition) is 1. The fourth-order valence-electron chi connectivity index (χ4n) is 2.17. The predicted octanol–water partition coefficient (Wildman–Crippen LogP) is 3.75. The Morgan fingerprint density at radius 2 is 1.95 bits per heavy atom. The van der Waals surface area contributed by atoms with Crippen molar-refractivity contribution in [3.8, 4) is 0 Å². The van der Waals surface area contributed by atoms with Crippen molar-refractivity contribution >= 4 is 28.5 Å². The number of nitrogens with zero attached hydrogens (tertiary/aromatic N) is 3. The number of aromatic nitrogens is 3. The van der Waals surface area contributed by atoms with E-state index < -0.39 is 0 Å². The van der Waals surface area contributed by atoms with Crippen molar-refractivity contribution in [1.29, 1.82) is 0 Å². The van der Waals surface area contributed by atoms with Gasteiger partial charge in [-0.2, -0.15) is 4.98 Å². The summed E-state index contributed by atoms with van der Waals surface area (Å²) in [6.45, 7) is 4.51. The van der Waals surface area contributed by atoms with Gasteiger partial charge in [-0.25, -0.2) is 4.98 Å². The minimum absolute atomic E-state index is 0.526. The smallest absolute Gasteiger partial charge is 0.263 e. The van der Waals surface area contributed by atoms with Crippen molar-refractivity contribution < 1.29 is 4.52 Å². The highest BCUT2D eigenvalue weighted by molar-refractivity contribution is 6.30. The quantitative estimate of drug-likeness (QED) is 0.795. The van der Waals surface area contributed by atoms with E-state index in [0.29, 0.717) is 18.1 Å². The van der Waals surface area contributed by atoms with Gasteiger partial charge in [-0.3, -0.25) is 0 Å². The Labute approximate surface area is 127 Å². The lowest BCUT2D eigenvalue weighted by Crippen LogP contribution is -2.04. The fourth-order valence-corrected chi connectivity index (χ4v) is 2.30. The van der Waals surface area contributed by atoms with Crippen molar-refractivity contribution in [2.45, 2.75) is 26.8 Å². The number of hydrogen-bond acceptors (Lipinski definition) is 5. The molecule has 0 saturated carbocycles. The molecule has 1 N–H and O–H groups in total. The first-order chi connectivity index (χ1) is 10.2. The molecule has 2 aromatic heterocycles. The number of aryl methyl sites for hydroxylation is 2. The minimum atomic E-state index is 0.526. The molecule has 0 saturated heterocycles. The molecule has 2 heterocycles. The number of nitrogens with one attached hydrogen (secondary N) is 1. The zero-order chi connectivity index (χ0) is 14.8. The van der Waals surface area contributed by atoms with Crippen molar-refractivity contribution in [1.82, 2.24) is 15.1 Å². The number of benzene rings is 1.